The van der Waals surface area contributed by atoms with Gasteiger partial charge in [-0.25, -0.2) is 14.8 Å². The highest BCUT2D eigenvalue weighted by atomic mass is 35.5. The quantitative estimate of drug-likeness (QED) is 0.623. The molecular formula is C15H17ClN8OS. The lowest BCUT2D eigenvalue weighted by Gasteiger charge is -2.03. The lowest BCUT2D eigenvalue weighted by molar-refractivity contribution is 0.252. The number of hydrogen-bond donors (Lipinski definition) is 2. The first-order valence-electron chi connectivity index (χ1n) is 7.96. The predicted molar refractivity (Wildman–Crippen MR) is 99.3 cm³/mol. The van der Waals surface area contributed by atoms with E-state index in [2.05, 4.69) is 36.0 Å². The Morgan fingerprint density at radius 1 is 1.42 bits per heavy atom. The second kappa shape index (κ2) is 8.19. The fourth-order valence-electron chi connectivity index (χ4n) is 2.20. The van der Waals surface area contributed by atoms with Crippen LogP contribution in [-0.4, -0.2) is 42.8 Å². The van der Waals surface area contributed by atoms with Crippen molar-refractivity contribution in [3.63, 3.8) is 0 Å². The first-order chi connectivity index (χ1) is 12.5. The Kier molecular flexibility index (Phi) is 5.74. The minimum atomic E-state index is -0.332. The third kappa shape index (κ3) is 4.52. The van der Waals surface area contributed by atoms with Gasteiger partial charge < -0.3 is 5.32 Å². The number of nitrogens with zero attached hydrogens (tertiary/aromatic N) is 6. The molecule has 26 heavy (non-hydrogen) atoms. The van der Waals surface area contributed by atoms with Gasteiger partial charge in [-0.15, -0.1) is 10.2 Å². The van der Waals surface area contributed by atoms with Gasteiger partial charge in [-0.2, -0.15) is 4.80 Å². The van der Waals surface area contributed by atoms with E-state index < -0.39 is 0 Å². The normalized spacial score (nSPS) is 10.7. The molecule has 9 nitrogen and oxygen atoms in total. The molecule has 3 aromatic heterocycles. The zero-order valence-electron chi connectivity index (χ0n) is 14.2. The molecule has 0 aromatic carbocycles. The van der Waals surface area contributed by atoms with Crippen LogP contribution >= 0.6 is 22.9 Å². The summed E-state index contributed by atoms with van der Waals surface area (Å²) in [6.45, 7) is 4.88. The molecule has 2 amide bonds. The molecule has 11 heteroatoms. The van der Waals surface area contributed by atoms with Crippen LogP contribution < -0.4 is 10.6 Å². The van der Waals surface area contributed by atoms with Gasteiger partial charge in [0.2, 0.25) is 0 Å². The highest BCUT2D eigenvalue weighted by Crippen LogP contribution is 2.33. The van der Waals surface area contributed by atoms with Gasteiger partial charge in [0.15, 0.2) is 11.0 Å². The van der Waals surface area contributed by atoms with E-state index in [0.29, 0.717) is 35.6 Å². The summed E-state index contributed by atoms with van der Waals surface area (Å²) in [5.41, 5.74) is 1.73. The molecule has 2 N–H and O–H groups in total. The van der Waals surface area contributed by atoms with Crippen LogP contribution in [0.25, 0.3) is 10.4 Å². The van der Waals surface area contributed by atoms with E-state index in [4.69, 9.17) is 11.6 Å². The lowest BCUT2D eigenvalue weighted by Crippen LogP contribution is -2.30. The Hall–Kier alpha value is -2.59. The molecule has 0 radical (unpaired) electrons. The predicted octanol–water partition coefficient (Wildman–Crippen LogP) is 2.54. The molecule has 136 valence electrons. The fourth-order valence-corrected chi connectivity index (χ4v) is 3.33. The van der Waals surface area contributed by atoms with Crippen molar-refractivity contribution in [3.8, 4) is 10.4 Å². The standard InChI is InChI=1S/C15H17ClN8OS/c1-3-24-22-12(21-23-24)5-7-18-14(25)20-15-19-9(2)13(26-15)10-4-6-17-11(16)8-10/h4,6,8H,3,5,7H2,1-2H3,(H2,18,19,20,25). The number of anilines is 1. The molecule has 0 fully saturated rings. The zero-order valence-corrected chi connectivity index (χ0v) is 15.8. The number of nitrogens with one attached hydrogen (secondary N) is 2. The Balaban J connectivity index is 1.55. The molecule has 3 aromatic rings. The summed E-state index contributed by atoms with van der Waals surface area (Å²) in [5.74, 6) is 0.592. The van der Waals surface area contributed by atoms with Crippen molar-refractivity contribution in [1.29, 1.82) is 0 Å². The molecule has 0 spiro atoms. The van der Waals surface area contributed by atoms with Gasteiger partial charge in [0.05, 0.1) is 17.1 Å². The van der Waals surface area contributed by atoms with E-state index >= 15 is 0 Å². The molecular weight excluding hydrogens is 376 g/mol. The summed E-state index contributed by atoms with van der Waals surface area (Å²) in [4.78, 5) is 22.8. The van der Waals surface area contributed by atoms with Crippen molar-refractivity contribution < 1.29 is 4.79 Å². The Morgan fingerprint density at radius 2 is 2.27 bits per heavy atom. The Morgan fingerprint density at radius 3 is 3.00 bits per heavy atom. The molecule has 3 heterocycles. The number of aromatic nitrogens is 6. The number of pyridine rings is 1. The largest absolute Gasteiger partial charge is 0.337 e. The second-order valence-corrected chi connectivity index (χ2v) is 6.71. The minimum Gasteiger partial charge on any atom is -0.337 e. The van der Waals surface area contributed by atoms with Gasteiger partial charge in [0.1, 0.15) is 5.15 Å². The minimum absolute atomic E-state index is 0.332. The number of urea groups is 1. The number of tetrazole rings is 1. The lowest BCUT2D eigenvalue weighted by atomic mass is 10.2. The number of carbonyl (C=O) groups is 1. The summed E-state index contributed by atoms with van der Waals surface area (Å²) in [6.07, 6.45) is 2.14. The first kappa shape index (κ1) is 18.2. The molecule has 0 aliphatic carbocycles. The van der Waals surface area contributed by atoms with Crippen molar-refractivity contribution in [2.75, 3.05) is 11.9 Å². The highest BCUT2D eigenvalue weighted by molar-refractivity contribution is 7.19. The fraction of sp³-hybridized carbons (Fsp3) is 0.333. The monoisotopic (exact) mass is 392 g/mol. The number of aryl methyl sites for hydroxylation is 2. The Bertz CT molecular complexity index is 909. The second-order valence-electron chi connectivity index (χ2n) is 5.33. The van der Waals surface area contributed by atoms with Crippen molar-refractivity contribution in [2.24, 2.45) is 0 Å². The molecule has 0 saturated carbocycles. The van der Waals surface area contributed by atoms with Crippen molar-refractivity contribution in [3.05, 3.63) is 35.0 Å². The maximum absolute atomic E-state index is 12.0. The van der Waals surface area contributed by atoms with E-state index in [-0.39, 0.29) is 6.03 Å². The van der Waals surface area contributed by atoms with Gasteiger partial charge in [-0.1, -0.05) is 22.9 Å². The van der Waals surface area contributed by atoms with Crippen LogP contribution in [0.3, 0.4) is 0 Å². The smallest absolute Gasteiger partial charge is 0.321 e. The van der Waals surface area contributed by atoms with Crippen molar-refractivity contribution in [1.82, 2.24) is 35.5 Å². The van der Waals surface area contributed by atoms with Crippen molar-refractivity contribution >= 4 is 34.1 Å². The third-order valence-corrected chi connectivity index (χ3v) is 4.75. The van der Waals surface area contributed by atoms with Crippen LogP contribution in [-0.2, 0) is 13.0 Å². The number of rotatable bonds is 6. The molecule has 3 rings (SSSR count). The zero-order chi connectivity index (χ0) is 18.5. The van der Waals surface area contributed by atoms with E-state index in [1.165, 1.54) is 16.1 Å². The SMILES string of the molecule is CCn1nnc(CCNC(=O)Nc2nc(C)c(-c3ccnc(Cl)c3)s2)n1. The number of amides is 2. The first-order valence-corrected chi connectivity index (χ1v) is 9.15. The molecule has 0 aliphatic heterocycles. The summed E-state index contributed by atoms with van der Waals surface area (Å²) >= 11 is 7.31. The Labute approximate surface area is 158 Å². The van der Waals surface area contributed by atoms with Gasteiger partial charge in [0.25, 0.3) is 0 Å². The van der Waals surface area contributed by atoms with E-state index in [0.717, 1.165) is 16.1 Å². The molecule has 0 atom stereocenters. The van der Waals surface area contributed by atoms with Crippen LogP contribution in [0.1, 0.15) is 18.4 Å². The average molecular weight is 393 g/mol. The number of hydrogen-bond acceptors (Lipinski definition) is 7. The van der Waals surface area contributed by atoms with Crippen LogP contribution in [0.15, 0.2) is 18.3 Å². The summed E-state index contributed by atoms with van der Waals surface area (Å²) in [7, 11) is 0. The topological polar surface area (TPSA) is 111 Å². The van der Waals surface area contributed by atoms with E-state index in [1.54, 1.807) is 12.3 Å². The van der Waals surface area contributed by atoms with Gasteiger partial charge in [-0.05, 0) is 36.8 Å². The maximum Gasteiger partial charge on any atom is 0.321 e. The van der Waals surface area contributed by atoms with Crippen LogP contribution in [0.2, 0.25) is 5.15 Å². The van der Waals surface area contributed by atoms with Gasteiger partial charge in [0, 0.05) is 19.2 Å². The van der Waals surface area contributed by atoms with Gasteiger partial charge in [-0.3, -0.25) is 5.32 Å². The summed E-state index contributed by atoms with van der Waals surface area (Å²) in [6, 6.07) is 3.29. The molecule has 0 saturated heterocycles. The number of halogens is 1. The van der Waals surface area contributed by atoms with E-state index in [1.807, 2.05) is 19.9 Å². The van der Waals surface area contributed by atoms with Gasteiger partial charge >= 0.3 is 6.03 Å². The number of carbonyl (C=O) groups excluding carboxylic acids is 1. The number of thiazole rings is 1. The van der Waals surface area contributed by atoms with E-state index in [9.17, 15) is 4.79 Å². The third-order valence-electron chi connectivity index (χ3n) is 3.42. The maximum atomic E-state index is 12.0. The van der Waals surface area contributed by atoms with Crippen molar-refractivity contribution in [2.45, 2.75) is 26.8 Å². The molecule has 0 bridgehead atoms. The molecule has 0 unspecified atom stereocenters. The van der Waals surface area contributed by atoms with Crippen LogP contribution in [0.5, 0.6) is 0 Å². The highest BCUT2D eigenvalue weighted by Gasteiger charge is 2.12. The molecule has 0 aliphatic rings. The van der Waals surface area contributed by atoms with Crippen LogP contribution in [0, 0.1) is 6.92 Å². The van der Waals surface area contributed by atoms with Crippen LogP contribution in [0.4, 0.5) is 9.93 Å². The summed E-state index contributed by atoms with van der Waals surface area (Å²) < 4.78 is 0. The summed E-state index contributed by atoms with van der Waals surface area (Å²) in [5, 5.41) is 18.4. The average Bonchev–Trinajstić information content (AvgIpc) is 3.21.